The Morgan fingerprint density at radius 1 is 0.971 bits per heavy atom. The molecular formula is C29H29N3O2. The number of fused-ring (bicyclic) bond motifs is 1. The number of hydrogen-bond acceptors (Lipinski definition) is 3. The Kier molecular flexibility index (Phi) is 5.93. The molecule has 0 bridgehead atoms. The summed E-state index contributed by atoms with van der Waals surface area (Å²) in [6, 6.07) is 26.3. The molecule has 0 saturated heterocycles. The standard InChI is InChI=1S/C29H29N3O2/c1-19(2)17-32-28(23-13-15-24(16-14-23)34-18-21-7-5-4-6-8-21)25-26(30-31-27(25)29(32)33)22-11-9-20(3)10-12-22/h4-16,19,28H,17-18H2,1-3H3,(H,30,31). The van der Waals surface area contributed by atoms with E-state index in [1.807, 2.05) is 35.2 Å². The minimum atomic E-state index is -0.192. The minimum Gasteiger partial charge on any atom is -0.489 e. The van der Waals surface area contributed by atoms with Gasteiger partial charge in [-0.3, -0.25) is 9.89 Å². The molecular weight excluding hydrogens is 422 g/mol. The van der Waals surface area contributed by atoms with Gasteiger partial charge in [-0.25, -0.2) is 0 Å². The Labute approximate surface area is 200 Å². The van der Waals surface area contributed by atoms with Gasteiger partial charge in [0.25, 0.3) is 5.91 Å². The number of aromatic amines is 1. The summed E-state index contributed by atoms with van der Waals surface area (Å²) in [5, 5.41) is 7.60. The zero-order valence-corrected chi connectivity index (χ0v) is 19.8. The van der Waals surface area contributed by atoms with Gasteiger partial charge in [-0.1, -0.05) is 86.1 Å². The van der Waals surface area contributed by atoms with Crippen molar-refractivity contribution in [2.75, 3.05) is 6.54 Å². The van der Waals surface area contributed by atoms with E-state index in [4.69, 9.17) is 4.74 Å². The molecule has 0 spiro atoms. The number of amides is 1. The van der Waals surface area contributed by atoms with Gasteiger partial charge in [-0.05, 0) is 36.1 Å². The van der Waals surface area contributed by atoms with Crippen LogP contribution < -0.4 is 4.74 Å². The first-order chi connectivity index (χ1) is 16.5. The van der Waals surface area contributed by atoms with Gasteiger partial charge < -0.3 is 9.64 Å². The van der Waals surface area contributed by atoms with E-state index in [0.29, 0.717) is 24.8 Å². The summed E-state index contributed by atoms with van der Waals surface area (Å²) in [4.78, 5) is 15.3. The predicted molar refractivity (Wildman–Crippen MR) is 134 cm³/mol. The number of nitrogens with zero attached hydrogens (tertiary/aromatic N) is 2. The minimum absolute atomic E-state index is 0.00367. The van der Waals surface area contributed by atoms with Gasteiger partial charge in [0.05, 0.1) is 11.7 Å². The molecule has 2 heterocycles. The van der Waals surface area contributed by atoms with Crippen LogP contribution in [0.3, 0.4) is 0 Å². The van der Waals surface area contributed by atoms with E-state index < -0.39 is 0 Å². The first kappa shape index (κ1) is 22.0. The second-order valence-electron chi connectivity index (χ2n) is 9.32. The molecule has 1 amide bonds. The van der Waals surface area contributed by atoms with Crippen LogP contribution in [0.4, 0.5) is 0 Å². The van der Waals surface area contributed by atoms with Crippen molar-refractivity contribution in [3.05, 3.63) is 107 Å². The van der Waals surface area contributed by atoms with Gasteiger partial charge >= 0.3 is 0 Å². The summed E-state index contributed by atoms with van der Waals surface area (Å²) in [7, 11) is 0. The molecule has 3 aromatic carbocycles. The lowest BCUT2D eigenvalue weighted by atomic mass is 9.95. The third kappa shape index (κ3) is 4.21. The number of H-pyrrole nitrogens is 1. The van der Waals surface area contributed by atoms with Crippen LogP contribution in [0.2, 0.25) is 0 Å². The number of hydrogen-bond donors (Lipinski definition) is 1. The van der Waals surface area contributed by atoms with Crippen LogP contribution in [-0.4, -0.2) is 27.5 Å². The molecule has 0 fully saturated rings. The molecule has 0 aliphatic carbocycles. The van der Waals surface area contributed by atoms with E-state index in [1.165, 1.54) is 5.56 Å². The molecule has 1 unspecified atom stereocenters. The molecule has 4 aromatic rings. The molecule has 5 rings (SSSR count). The van der Waals surface area contributed by atoms with Crippen LogP contribution in [-0.2, 0) is 6.61 Å². The molecule has 1 N–H and O–H groups in total. The van der Waals surface area contributed by atoms with Gasteiger partial charge in [-0.2, -0.15) is 5.10 Å². The van der Waals surface area contributed by atoms with E-state index in [2.05, 4.69) is 79.5 Å². The van der Waals surface area contributed by atoms with Crippen molar-refractivity contribution in [1.82, 2.24) is 15.1 Å². The largest absolute Gasteiger partial charge is 0.489 e. The number of aromatic nitrogens is 2. The summed E-state index contributed by atoms with van der Waals surface area (Å²) in [6.07, 6.45) is 0. The van der Waals surface area contributed by atoms with Crippen LogP contribution in [0.15, 0.2) is 78.9 Å². The maximum atomic E-state index is 13.4. The van der Waals surface area contributed by atoms with Gasteiger partial charge in [0.15, 0.2) is 0 Å². The van der Waals surface area contributed by atoms with Crippen molar-refractivity contribution in [3.8, 4) is 17.0 Å². The average Bonchev–Trinajstić information content (AvgIpc) is 3.38. The Morgan fingerprint density at radius 3 is 2.35 bits per heavy atom. The number of nitrogens with one attached hydrogen (secondary N) is 1. The van der Waals surface area contributed by atoms with Crippen molar-refractivity contribution in [2.45, 2.75) is 33.4 Å². The highest BCUT2D eigenvalue weighted by Gasteiger charge is 2.42. The van der Waals surface area contributed by atoms with E-state index in [-0.39, 0.29) is 11.9 Å². The van der Waals surface area contributed by atoms with Crippen molar-refractivity contribution >= 4 is 5.91 Å². The lowest BCUT2D eigenvalue weighted by Crippen LogP contribution is -2.32. The highest BCUT2D eigenvalue weighted by Crippen LogP contribution is 2.43. The van der Waals surface area contributed by atoms with Gasteiger partial charge in [0.1, 0.15) is 18.1 Å². The summed E-state index contributed by atoms with van der Waals surface area (Å²) >= 11 is 0. The first-order valence-electron chi connectivity index (χ1n) is 11.7. The van der Waals surface area contributed by atoms with Gasteiger partial charge in [0.2, 0.25) is 0 Å². The topological polar surface area (TPSA) is 58.2 Å². The third-order valence-corrected chi connectivity index (χ3v) is 6.19. The zero-order chi connectivity index (χ0) is 23.7. The molecule has 172 valence electrons. The van der Waals surface area contributed by atoms with E-state index in [0.717, 1.165) is 33.7 Å². The number of ether oxygens (including phenoxy) is 1. The molecule has 1 aliphatic rings. The zero-order valence-electron chi connectivity index (χ0n) is 19.8. The number of carbonyl (C=O) groups is 1. The van der Waals surface area contributed by atoms with Crippen molar-refractivity contribution in [3.63, 3.8) is 0 Å². The number of rotatable bonds is 7. The second kappa shape index (κ2) is 9.18. The van der Waals surface area contributed by atoms with Crippen LogP contribution >= 0.6 is 0 Å². The van der Waals surface area contributed by atoms with Crippen molar-refractivity contribution in [2.24, 2.45) is 5.92 Å². The molecule has 5 heteroatoms. The number of benzene rings is 3. The molecule has 34 heavy (non-hydrogen) atoms. The van der Waals surface area contributed by atoms with E-state index >= 15 is 0 Å². The van der Waals surface area contributed by atoms with Crippen LogP contribution in [0.1, 0.15) is 52.6 Å². The number of aryl methyl sites for hydroxylation is 1. The lowest BCUT2D eigenvalue weighted by molar-refractivity contribution is 0.0722. The maximum absolute atomic E-state index is 13.4. The Morgan fingerprint density at radius 2 is 1.68 bits per heavy atom. The molecule has 1 aromatic heterocycles. The molecule has 1 atom stereocenters. The fourth-order valence-corrected chi connectivity index (χ4v) is 4.54. The van der Waals surface area contributed by atoms with E-state index in [1.54, 1.807) is 0 Å². The molecule has 1 aliphatic heterocycles. The van der Waals surface area contributed by atoms with Crippen LogP contribution in [0, 0.1) is 12.8 Å². The highest BCUT2D eigenvalue weighted by molar-refractivity contribution is 6.00. The van der Waals surface area contributed by atoms with Crippen LogP contribution in [0.25, 0.3) is 11.3 Å². The predicted octanol–water partition coefficient (Wildman–Crippen LogP) is 6.17. The fraction of sp³-hybridized carbons (Fsp3) is 0.241. The Bertz CT molecular complexity index is 1280. The van der Waals surface area contributed by atoms with Crippen LogP contribution in [0.5, 0.6) is 5.75 Å². The SMILES string of the molecule is Cc1ccc(-c2n[nH]c3c2C(c2ccc(OCc4ccccc4)cc2)N(CC(C)C)C3=O)cc1. The summed E-state index contributed by atoms with van der Waals surface area (Å²) in [6.45, 7) is 7.53. The normalized spacial score (nSPS) is 15.1. The van der Waals surface area contributed by atoms with Gasteiger partial charge in [-0.15, -0.1) is 0 Å². The van der Waals surface area contributed by atoms with Gasteiger partial charge in [0, 0.05) is 17.7 Å². The summed E-state index contributed by atoms with van der Waals surface area (Å²) < 4.78 is 5.98. The summed E-state index contributed by atoms with van der Waals surface area (Å²) in [5.74, 6) is 1.15. The Hall–Kier alpha value is -3.86. The van der Waals surface area contributed by atoms with Crippen molar-refractivity contribution < 1.29 is 9.53 Å². The number of carbonyl (C=O) groups excluding carboxylic acids is 1. The first-order valence-corrected chi connectivity index (χ1v) is 11.7. The molecule has 5 nitrogen and oxygen atoms in total. The fourth-order valence-electron chi connectivity index (χ4n) is 4.54. The van der Waals surface area contributed by atoms with Crippen molar-refractivity contribution in [1.29, 1.82) is 0 Å². The molecule has 0 saturated carbocycles. The summed E-state index contributed by atoms with van der Waals surface area (Å²) in [5.41, 5.74) is 6.75. The highest BCUT2D eigenvalue weighted by atomic mass is 16.5. The van der Waals surface area contributed by atoms with E-state index in [9.17, 15) is 4.79 Å². The lowest BCUT2D eigenvalue weighted by Gasteiger charge is -2.28. The average molecular weight is 452 g/mol. The monoisotopic (exact) mass is 451 g/mol. The quantitative estimate of drug-likeness (QED) is 0.366. The Balaban J connectivity index is 1.48. The smallest absolute Gasteiger partial charge is 0.273 e. The maximum Gasteiger partial charge on any atom is 0.273 e. The third-order valence-electron chi connectivity index (χ3n) is 6.19. The second-order valence-corrected chi connectivity index (χ2v) is 9.32. The molecule has 0 radical (unpaired) electrons.